The van der Waals surface area contributed by atoms with Crippen molar-refractivity contribution in [2.24, 2.45) is 5.10 Å². The first-order chi connectivity index (χ1) is 17.9. The van der Waals surface area contributed by atoms with E-state index in [1.807, 2.05) is 86.6 Å². The van der Waals surface area contributed by atoms with Gasteiger partial charge >= 0.3 is 0 Å². The first kappa shape index (κ1) is 24.3. The Morgan fingerprint density at radius 2 is 1.43 bits per heavy atom. The molecular formula is C31H27ClN4O. The molecule has 0 radical (unpaired) electrons. The van der Waals surface area contributed by atoms with Crippen molar-refractivity contribution in [2.45, 2.75) is 20.8 Å². The lowest BCUT2D eigenvalue weighted by atomic mass is 10.1. The fourth-order valence-electron chi connectivity index (χ4n) is 4.61. The second-order valence-electron chi connectivity index (χ2n) is 8.95. The third kappa shape index (κ3) is 4.99. The number of hydrogen-bond donors (Lipinski definition) is 1. The number of benzene rings is 3. The molecule has 6 heteroatoms. The number of halogens is 1. The van der Waals surface area contributed by atoms with Gasteiger partial charge in [0.15, 0.2) is 0 Å². The quantitative estimate of drug-likeness (QED) is 0.191. The molecule has 0 aliphatic carbocycles. The van der Waals surface area contributed by atoms with Crippen molar-refractivity contribution < 1.29 is 4.79 Å². The van der Waals surface area contributed by atoms with Crippen molar-refractivity contribution in [1.82, 2.24) is 14.6 Å². The Labute approximate surface area is 221 Å². The van der Waals surface area contributed by atoms with Gasteiger partial charge < -0.3 is 9.13 Å². The maximum Gasteiger partial charge on any atom is 0.271 e. The lowest BCUT2D eigenvalue weighted by Crippen LogP contribution is -2.17. The summed E-state index contributed by atoms with van der Waals surface area (Å²) in [5, 5.41) is 4.92. The van der Waals surface area contributed by atoms with Crippen LogP contribution in [0.2, 0.25) is 5.02 Å². The van der Waals surface area contributed by atoms with Crippen LogP contribution in [0.1, 0.15) is 33.0 Å². The van der Waals surface area contributed by atoms with Gasteiger partial charge in [-0.2, -0.15) is 5.10 Å². The molecule has 5 aromatic rings. The van der Waals surface area contributed by atoms with Gasteiger partial charge in [-0.3, -0.25) is 4.79 Å². The van der Waals surface area contributed by atoms with E-state index in [0.717, 1.165) is 45.3 Å². The third-order valence-corrected chi connectivity index (χ3v) is 6.71. The predicted octanol–water partition coefficient (Wildman–Crippen LogP) is 7.28. The molecule has 0 saturated carbocycles. The molecule has 5 rings (SSSR count). The Hall–Kier alpha value is -4.35. The van der Waals surface area contributed by atoms with E-state index in [4.69, 9.17) is 11.6 Å². The predicted molar refractivity (Wildman–Crippen MR) is 151 cm³/mol. The molecule has 37 heavy (non-hydrogen) atoms. The van der Waals surface area contributed by atoms with Gasteiger partial charge in [-0.05, 0) is 93.1 Å². The summed E-state index contributed by atoms with van der Waals surface area (Å²) >= 11 is 6.03. The summed E-state index contributed by atoms with van der Waals surface area (Å²) in [6.07, 6.45) is 1.68. The first-order valence-corrected chi connectivity index (χ1v) is 12.4. The second-order valence-corrected chi connectivity index (χ2v) is 9.38. The Kier molecular flexibility index (Phi) is 6.80. The topological polar surface area (TPSA) is 51.3 Å². The molecule has 0 spiro atoms. The van der Waals surface area contributed by atoms with Crippen molar-refractivity contribution >= 4 is 23.7 Å². The molecule has 0 fully saturated rings. The van der Waals surface area contributed by atoms with Crippen LogP contribution in [0, 0.1) is 20.8 Å². The minimum atomic E-state index is -0.262. The number of aryl methyl sites for hydroxylation is 2. The molecule has 2 aromatic heterocycles. The Morgan fingerprint density at radius 1 is 0.784 bits per heavy atom. The van der Waals surface area contributed by atoms with Gasteiger partial charge in [0.1, 0.15) is 0 Å². The summed E-state index contributed by atoms with van der Waals surface area (Å²) in [5.41, 5.74) is 11.6. The van der Waals surface area contributed by atoms with E-state index < -0.39 is 0 Å². The summed E-state index contributed by atoms with van der Waals surface area (Å²) in [6.45, 7) is 6.14. The van der Waals surface area contributed by atoms with E-state index in [1.165, 1.54) is 0 Å². The van der Waals surface area contributed by atoms with Gasteiger partial charge in [-0.15, -0.1) is 0 Å². The monoisotopic (exact) mass is 506 g/mol. The highest BCUT2D eigenvalue weighted by Gasteiger charge is 2.12. The Balaban J connectivity index is 1.31. The van der Waals surface area contributed by atoms with Crippen LogP contribution in [-0.4, -0.2) is 21.3 Å². The minimum Gasteiger partial charge on any atom is -0.318 e. The lowest BCUT2D eigenvalue weighted by molar-refractivity contribution is 0.0955. The fraction of sp³-hybridized carbons (Fsp3) is 0.0968. The Bertz CT molecular complexity index is 1580. The third-order valence-electron chi connectivity index (χ3n) is 6.46. The standard InChI is InChI=1S/C31H27ClN4O/c1-21-9-18-30(24-7-5-4-6-8-24)36(21)29-14-10-25(11-15-29)31(37)34-33-20-26-19-22(2)35(23(26)3)28-16-12-27(32)13-17-28/h4-20H,1-3H3,(H,34,37)/b33-20-. The summed E-state index contributed by atoms with van der Waals surface area (Å²) < 4.78 is 4.32. The van der Waals surface area contributed by atoms with Gasteiger partial charge in [0.25, 0.3) is 5.91 Å². The smallest absolute Gasteiger partial charge is 0.271 e. The van der Waals surface area contributed by atoms with E-state index in [2.05, 4.69) is 50.9 Å². The minimum absolute atomic E-state index is 0.262. The van der Waals surface area contributed by atoms with Crippen LogP contribution in [0.25, 0.3) is 22.6 Å². The highest BCUT2D eigenvalue weighted by atomic mass is 35.5. The van der Waals surface area contributed by atoms with Crippen molar-refractivity contribution in [1.29, 1.82) is 0 Å². The number of carbonyl (C=O) groups excluding carboxylic acids is 1. The molecule has 0 atom stereocenters. The van der Waals surface area contributed by atoms with Gasteiger partial charge in [0, 0.05) is 44.6 Å². The molecule has 2 heterocycles. The van der Waals surface area contributed by atoms with Gasteiger partial charge in [0.2, 0.25) is 0 Å². The largest absolute Gasteiger partial charge is 0.318 e. The zero-order valence-electron chi connectivity index (χ0n) is 20.9. The van der Waals surface area contributed by atoms with Crippen LogP contribution in [0.15, 0.2) is 102 Å². The summed E-state index contributed by atoms with van der Waals surface area (Å²) in [5.74, 6) is -0.262. The van der Waals surface area contributed by atoms with Crippen LogP contribution in [0.5, 0.6) is 0 Å². The highest BCUT2D eigenvalue weighted by molar-refractivity contribution is 6.30. The van der Waals surface area contributed by atoms with E-state index in [0.29, 0.717) is 10.6 Å². The number of nitrogens with one attached hydrogen (secondary N) is 1. The van der Waals surface area contributed by atoms with E-state index >= 15 is 0 Å². The maximum atomic E-state index is 12.7. The Morgan fingerprint density at radius 3 is 2.14 bits per heavy atom. The zero-order valence-corrected chi connectivity index (χ0v) is 21.7. The molecule has 0 unspecified atom stereocenters. The normalized spacial score (nSPS) is 11.2. The van der Waals surface area contributed by atoms with Gasteiger partial charge in [-0.25, -0.2) is 5.43 Å². The van der Waals surface area contributed by atoms with Crippen molar-refractivity contribution in [3.8, 4) is 22.6 Å². The zero-order chi connectivity index (χ0) is 25.9. The van der Waals surface area contributed by atoms with Gasteiger partial charge in [-0.1, -0.05) is 41.9 Å². The molecule has 1 N–H and O–H groups in total. The van der Waals surface area contributed by atoms with Crippen molar-refractivity contribution in [2.75, 3.05) is 0 Å². The molecule has 0 aliphatic heterocycles. The number of hydrogen-bond acceptors (Lipinski definition) is 2. The van der Waals surface area contributed by atoms with E-state index in [1.54, 1.807) is 6.21 Å². The number of aromatic nitrogens is 2. The molecule has 0 bridgehead atoms. The lowest BCUT2D eigenvalue weighted by Gasteiger charge is -2.12. The van der Waals surface area contributed by atoms with Crippen LogP contribution in [0.3, 0.4) is 0 Å². The maximum absolute atomic E-state index is 12.7. The molecule has 0 aliphatic rings. The van der Waals surface area contributed by atoms with Crippen LogP contribution in [-0.2, 0) is 0 Å². The average Bonchev–Trinajstić information content (AvgIpc) is 3.43. The molecule has 5 nitrogen and oxygen atoms in total. The molecular weight excluding hydrogens is 480 g/mol. The van der Waals surface area contributed by atoms with E-state index in [-0.39, 0.29) is 5.91 Å². The second kappa shape index (κ2) is 10.3. The summed E-state index contributed by atoms with van der Waals surface area (Å²) in [6, 6.07) is 31.8. The fourth-order valence-corrected chi connectivity index (χ4v) is 4.73. The van der Waals surface area contributed by atoms with Crippen LogP contribution < -0.4 is 5.43 Å². The first-order valence-electron chi connectivity index (χ1n) is 12.0. The van der Waals surface area contributed by atoms with Crippen LogP contribution >= 0.6 is 11.6 Å². The number of amides is 1. The van der Waals surface area contributed by atoms with Gasteiger partial charge in [0.05, 0.1) is 11.9 Å². The molecule has 3 aromatic carbocycles. The number of carbonyl (C=O) groups is 1. The number of nitrogens with zero attached hydrogens (tertiary/aromatic N) is 3. The number of hydrazone groups is 1. The molecule has 184 valence electrons. The molecule has 0 saturated heterocycles. The van der Waals surface area contributed by atoms with Crippen LogP contribution in [0.4, 0.5) is 0 Å². The summed E-state index contributed by atoms with van der Waals surface area (Å²) in [7, 11) is 0. The van der Waals surface area contributed by atoms with Crippen molar-refractivity contribution in [3.63, 3.8) is 0 Å². The molecule has 1 amide bonds. The SMILES string of the molecule is Cc1ccc(-c2ccccc2)n1-c1ccc(C(=O)N/N=C\c2cc(C)n(-c3ccc(Cl)cc3)c2C)cc1. The van der Waals surface area contributed by atoms with Crippen molar-refractivity contribution in [3.05, 3.63) is 130 Å². The highest BCUT2D eigenvalue weighted by Crippen LogP contribution is 2.26. The summed E-state index contributed by atoms with van der Waals surface area (Å²) in [4.78, 5) is 12.7. The average molecular weight is 507 g/mol. The number of rotatable bonds is 6. The van der Waals surface area contributed by atoms with E-state index in [9.17, 15) is 4.79 Å².